The van der Waals surface area contributed by atoms with Crippen LogP contribution in [0.3, 0.4) is 0 Å². The monoisotopic (exact) mass is 236 g/mol. The van der Waals surface area contributed by atoms with Crippen molar-refractivity contribution in [1.29, 1.82) is 0 Å². The molecule has 1 aromatic rings. The normalized spacial score (nSPS) is 12.9. The Morgan fingerprint density at radius 2 is 2.15 bits per heavy atom. The summed E-state index contributed by atoms with van der Waals surface area (Å²) in [6.45, 7) is 0. The van der Waals surface area contributed by atoms with Gasteiger partial charge in [0.05, 0.1) is 16.1 Å². The zero-order valence-corrected chi connectivity index (χ0v) is 9.46. The van der Waals surface area contributed by atoms with E-state index in [0.29, 0.717) is 21.4 Å². The molecule has 0 radical (unpaired) electrons. The van der Waals surface area contributed by atoms with Crippen molar-refractivity contribution < 1.29 is 5.11 Å². The molecule has 1 N–H and O–H groups in total. The molecule has 1 aromatic carbocycles. The first kappa shape index (κ1) is 11.2. The molecule has 0 saturated heterocycles. The van der Waals surface area contributed by atoms with Crippen LogP contribution >= 0.6 is 35.0 Å². The van der Waals surface area contributed by atoms with Crippen molar-refractivity contribution in [2.24, 2.45) is 0 Å². The molecular formula is C9H10Cl2OS. The van der Waals surface area contributed by atoms with E-state index in [1.165, 1.54) is 0 Å². The fourth-order valence-electron chi connectivity index (χ4n) is 1.03. The zero-order chi connectivity index (χ0) is 9.84. The molecule has 0 bridgehead atoms. The summed E-state index contributed by atoms with van der Waals surface area (Å²) >= 11 is 13.3. The quantitative estimate of drug-likeness (QED) is 0.869. The van der Waals surface area contributed by atoms with Crippen LogP contribution in [0.15, 0.2) is 18.2 Å². The van der Waals surface area contributed by atoms with E-state index >= 15 is 0 Å². The maximum atomic E-state index is 9.66. The van der Waals surface area contributed by atoms with E-state index in [1.807, 2.05) is 6.26 Å². The molecule has 0 saturated carbocycles. The predicted octanol–water partition coefficient (Wildman–Crippen LogP) is 3.39. The fraction of sp³-hybridized carbons (Fsp3) is 0.333. The van der Waals surface area contributed by atoms with Crippen molar-refractivity contribution in [1.82, 2.24) is 0 Å². The first-order valence-electron chi connectivity index (χ1n) is 3.77. The largest absolute Gasteiger partial charge is 0.387 e. The molecule has 0 aliphatic heterocycles. The van der Waals surface area contributed by atoms with Gasteiger partial charge in [0.15, 0.2) is 0 Å². The van der Waals surface area contributed by atoms with Gasteiger partial charge in [-0.2, -0.15) is 11.8 Å². The second-order valence-electron chi connectivity index (χ2n) is 2.61. The van der Waals surface area contributed by atoms with Gasteiger partial charge in [-0.3, -0.25) is 0 Å². The Kier molecular flexibility index (Phi) is 4.39. The molecule has 0 fully saturated rings. The van der Waals surface area contributed by atoms with E-state index in [1.54, 1.807) is 30.0 Å². The van der Waals surface area contributed by atoms with Gasteiger partial charge in [0.2, 0.25) is 0 Å². The van der Waals surface area contributed by atoms with Crippen LogP contribution in [0.25, 0.3) is 0 Å². The lowest BCUT2D eigenvalue weighted by Crippen LogP contribution is -2.00. The van der Waals surface area contributed by atoms with Crippen molar-refractivity contribution in [2.45, 2.75) is 6.10 Å². The minimum Gasteiger partial charge on any atom is -0.387 e. The highest BCUT2D eigenvalue weighted by Gasteiger charge is 2.12. The van der Waals surface area contributed by atoms with Crippen LogP contribution in [-0.4, -0.2) is 17.1 Å². The summed E-state index contributed by atoms with van der Waals surface area (Å²) < 4.78 is 0. The molecule has 0 aromatic heterocycles. The van der Waals surface area contributed by atoms with Crippen molar-refractivity contribution in [3.05, 3.63) is 33.8 Å². The molecular weight excluding hydrogens is 227 g/mol. The minimum absolute atomic E-state index is 0.450. The second-order valence-corrected chi connectivity index (χ2v) is 4.31. The van der Waals surface area contributed by atoms with E-state index in [2.05, 4.69) is 0 Å². The third-order valence-electron chi connectivity index (χ3n) is 1.66. The van der Waals surface area contributed by atoms with Gasteiger partial charge in [-0.1, -0.05) is 35.3 Å². The van der Waals surface area contributed by atoms with Crippen LogP contribution in [0, 0.1) is 0 Å². The minimum atomic E-state index is -0.541. The number of aliphatic hydroxyl groups excluding tert-OH is 1. The third kappa shape index (κ3) is 2.78. The highest BCUT2D eigenvalue weighted by Crippen LogP contribution is 2.30. The average Bonchev–Trinajstić information content (AvgIpc) is 2.10. The van der Waals surface area contributed by atoms with Gasteiger partial charge < -0.3 is 5.11 Å². The van der Waals surface area contributed by atoms with Crippen molar-refractivity contribution in [2.75, 3.05) is 12.0 Å². The number of rotatable bonds is 3. The van der Waals surface area contributed by atoms with Gasteiger partial charge in [-0.15, -0.1) is 0 Å². The number of hydrogen-bond donors (Lipinski definition) is 1. The number of thioether (sulfide) groups is 1. The van der Waals surface area contributed by atoms with Crippen LogP contribution in [-0.2, 0) is 0 Å². The summed E-state index contributed by atoms with van der Waals surface area (Å²) in [6, 6.07) is 5.28. The fourth-order valence-corrected chi connectivity index (χ4v) is 1.95. The standard InChI is InChI=1S/C9H10Cl2OS/c1-13-5-8(12)6-3-2-4-7(10)9(6)11/h2-4,8,12H,5H2,1H3. The van der Waals surface area contributed by atoms with E-state index in [-0.39, 0.29) is 0 Å². The van der Waals surface area contributed by atoms with Gasteiger partial charge in [0, 0.05) is 11.3 Å². The van der Waals surface area contributed by atoms with Gasteiger partial charge in [0.1, 0.15) is 0 Å². The SMILES string of the molecule is CSCC(O)c1cccc(Cl)c1Cl. The molecule has 0 heterocycles. The average molecular weight is 237 g/mol. The summed E-state index contributed by atoms with van der Waals surface area (Å²) in [5, 5.41) is 10.6. The lowest BCUT2D eigenvalue weighted by Gasteiger charge is -2.11. The van der Waals surface area contributed by atoms with Gasteiger partial charge in [-0.05, 0) is 12.3 Å². The van der Waals surface area contributed by atoms with Crippen LogP contribution < -0.4 is 0 Å². The maximum absolute atomic E-state index is 9.66. The van der Waals surface area contributed by atoms with Crippen molar-refractivity contribution in [3.63, 3.8) is 0 Å². The summed E-state index contributed by atoms with van der Waals surface area (Å²) in [7, 11) is 0. The summed E-state index contributed by atoms with van der Waals surface area (Å²) in [5.74, 6) is 0.625. The van der Waals surface area contributed by atoms with Crippen molar-refractivity contribution >= 4 is 35.0 Å². The molecule has 72 valence electrons. The van der Waals surface area contributed by atoms with E-state index in [4.69, 9.17) is 23.2 Å². The second kappa shape index (κ2) is 5.11. The van der Waals surface area contributed by atoms with Crippen LogP contribution in [0.2, 0.25) is 10.0 Å². The van der Waals surface area contributed by atoms with Gasteiger partial charge >= 0.3 is 0 Å². The highest BCUT2D eigenvalue weighted by molar-refractivity contribution is 7.98. The predicted molar refractivity (Wildman–Crippen MR) is 59.8 cm³/mol. The topological polar surface area (TPSA) is 20.2 Å². The Hall–Kier alpha value is 0.110. The summed E-state index contributed by atoms with van der Waals surface area (Å²) in [4.78, 5) is 0. The van der Waals surface area contributed by atoms with Gasteiger partial charge in [-0.25, -0.2) is 0 Å². The van der Waals surface area contributed by atoms with Crippen LogP contribution in [0.4, 0.5) is 0 Å². The molecule has 1 atom stereocenters. The Balaban J connectivity index is 2.93. The first-order valence-corrected chi connectivity index (χ1v) is 5.92. The van der Waals surface area contributed by atoms with E-state index < -0.39 is 6.10 Å². The zero-order valence-electron chi connectivity index (χ0n) is 7.13. The lowest BCUT2D eigenvalue weighted by molar-refractivity contribution is 0.204. The Labute approximate surface area is 92.1 Å². The maximum Gasteiger partial charge on any atom is 0.0895 e. The molecule has 0 aliphatic rings. The number of hydrogen-bond acceptors (Lipinski definition) is 2. The van der Waals surface area contributed by atoms with Crippen LogP contribution in [0.1, 0.15) is 11.7 Å². The molecule has 4 heteroatoms. The first-order chi connectivity index (χ1) is 6.16. The highest BCUT2D eigenvalue weighted by atomic mass is 35.5. The van der Waals surface area contributed by atoms with Crippen LogP contribution in [0.5, 0.6) is 0 Å². The number of aliphatic hydroxyl groups is 1. The molecule has 0 amide bonds. The summed E-state index contributed by atoms with van der Waals surface area (Å²) in [5.41, 5.74) is 0.698. The Morgan fingerprint density at radius 1 is 1.46 bits per heavy atom. The molecule has 1 rings (SSSR count). The lowest BCUT2D eigenvalue weighted by atomic mass is 10.1. The molecule has 0 spiro atoms. The molecule has 13 heavy (non-hydrogen) atoms. The Bertz CT molecular complexity index is 291. The van der Waals surface area contributed by atoms with E-state index in [0.717, 1.165) is 0 Å². The number of halogens is 2. The summed E-state index contributed by atoms with van der Waals surface area (Å²) in [6.07, 6.45) is 1.39. The molecule has 1 unspecified atom stereocenters. The number of benzene rings is 1. The third-order valence-corrected chi connectivity index (χ3v) is 3.15. The molecule has 0 aliphatic carbocycles. The Morgan fingerprint density at radius 3 is 2.77 bits per heavy atom. The molecule has 1 nitrogen and oxygen atoms in total. The smallest absolute Gasteiger partial charge is 0.0895 e. The van der Waals surface area contributed by atoms with E-state index in [9.17, 15) is 5.11 Å². The van der Waals surface area contributed by atoms with Crippen molar-refractivity contribution in [3.8, 4) is 0 Å². The van der Waals surface area contributed by atoms with Gasteiger partial charge in [0.25, 0.3) is 0 Å².